The van der Waals surface area contributed by atoms with E-state index in [1.807, 2.05) is 23.3 Å². The first-order chi connectivity index (χ1) is 11.2. The number of thiazole rings is 1. The predicted molar refractivity (Wildman–Crippen MR) is 89.0 cm³/mol. The van der Waals surface area contributed by atoms with Crippen LogP contribution in [0.1, 0.15) is 33.2 Å². The van der Waals surface area contributed by atoms with Gasteiger partial charge in [-0.15, -0.1) is 32.9 Å². The number of aromatic nitrogens is 5. The highest BCUT2D eigenvalue weighted by Gasteiger charge is 2.28. The van der Waals surface area contributed by atoms with Crippen molar-refractivity contribution in [3.63, 3.8) is 0 Å². The smallest absolute Gasteiger partial charge is 0.269 e. The fourth-order valence-corrected chi connectivity index (χ4v) is 4.56. The lowest BCUT2D eigenvalue weighted by atomic mass is 10.2. The van der Waals surface area contributed by atoms with E-state index in [0.29, 0.717) is 10.7 Å². The molecule has 0 unspecified atom stereocenters. The van der Waals surface area contributed by atoms with Crippen LogP contribution in [0.2, 0.25) is 0 Å². The standard InChI is InChI=1S/C14H14N6OS2/c1-8-15-10-4-2-3-6-20(14(10)23-8)13(21)11-9(5-7-22-11)12-16-18-19-17-12/h5,7H,2-4,6H2,1H3,(H,16,17,18,19). The summed E-state index contributed by atoms with van der Waals surface area (Å²) in [6.07, 6.45) is 2.98. The molecule has 4 rings (SSSR count). The lowest BCUT2D eigenvalue weighted by Crippen LogP contribution is -2.30. The SMILES string of the molecule is Cc1nc2c(s1)N(C(=O)c1sccc1-c1nn[nH]n1)CCCC2. The normalized spacial score (nSPS) is 14.6. The second-order valence-corrected chi connectivity index (χ2v) is 7.40. The molecule has 0 radical (unpaired) electrons. The number of thiophene rings is 1. The van der Waals surface area contributed by atoms with Crippen LogP contribution in [0, 0.1) is 6.92 Å². The molecule has 118 valence electrons. The first kappa shape index (κ1) is 14.5. The molecule has 1 aliphatic rings. The van der Waals surface area contributed by atoms with E-state index in [-0.39, 0.29) is 5.91 Å². The van der Waals surface area contributed by atoms with Gasteiger partial charge in [-0.2, -0.15) is 5.21 Å². The van der Waals surface area contributed by atoms with Crippen LogP contribution in [0.4, 0.5) is 5.00 Å². The van der Waals surface area contributed by atoms with Gasteiger partial charge in [0.2, 0.25) is 5.82 Å². The molecule has 7 nitrogen and oxygen atoms in total. The third kappa shape index (κ3) is 2.55. The third-order valence-electron chi connectivity index (χ3n) is 3.76. The van der Waals surface area contributed by atoms with Crippen LogP contribution in [-0.4, -0.2) is 38.1 Å². The van der Waals surface area contributed by atoms with Gasteiger partial charge >= 0.3 is 0 Å². The highest BCUT2D eigenvalue weighted by atomic mass is 32.1. The molecule has 1 amide bonds. The number of hydrogen-bond donors (Lipinski definition) is 1. The number of carbonyl (C=O) groups excluding carboxylic acids is 1. The molecule has 0 aliphatic carbocycles. The third-order valence-corrected chi connectivity index (χ3v) is 5.70. The number of H-pyrrole nitrogens is 1. The van der Waals surface area contributed by atoms with Crippen LogP contribution in [0.5, 0.6) is 0 Å². The number of fused-ring (bicyclic) bond motifs is 1. The minimum Gasteiger partial charge on any atom is -0.297 e. The highest BCUT2D eigenvalue weighted by Crippen LogP contribution is 2.35. The van der Waals surface area contributed by atoms with Gasteiger partial charge < -0.3 is 0 Å². The minimum atomic E-state index is -0.00778. The summed E-state index contributed by atoms with van der Waals surface area (Å²) in [5.74, 6) is 0.441. The molecule has 3 aromatic rings. The fraction of sp³-hybridized carbons (Fsp3) is 0.357. The van der Waals surface area contributed by atoms with E-state index >= 15 is 0 Å². The maximum Gasteiger partial charge on any atom is 0.269 e. The van der Waals surface area contributed by atoms with Crippen LogP contribution in [-0.2, 0) is 6.42 Å². The van der Waals surface area contributed by atoms with E-state index in [2.05, 4.69) is 25.6 Å². The van der Waals surface area contributed by atoms with Gasteiger partial charge in [-0.3, -0.25) is 9.69 Å². The second kappa shape index (κ2) is 5.82. The monoisotopic (exact) mass is 346 g/mol. The Balaban J connectivity index is 1.74. The molecule has 23 heavy (non-hydrogen) atoms. The van der Waals surface area contributed by atoms with Gasteiger partial charge in [0.05, 0.1) is 10.7 Å². The number of tetrazole rings is 1. The maximum atomic E-state index is 13.1. The average molecular weight is 346 g/mol. The van der Waals surface area contributed by atoms with Gasteiger partial charge in [-0.25, -0.2) is 4.98 Å². The number of anilines is 1. The topological polar surface area (TPSA) is 87.7 Å². The molecule has 1 aliphatic heterocycles. The van der Waals surface area contributed by atoms with Gasteiger partial charge in [-0.1, -0.05) is 0 Å². The average Bonchev–Trinajstić information content (AvgIpc) is 3.25. The van der Waals surface area contributed by atoms with E-state index in [1.165, 1.54) is 11.3 Å². The molecule has 0 bridgehead atoms. The number of aromatic amines is 1. The number of carbonyl (C=O) groups is 1. The quantitative estimate of drug-likeness (QED) is 0.771. The molecule has 0 saturated carbocycles. The predicted octanol–water partition coefficient (Wildman–Crippen LogP) is 2.68. The first-order valence-electron chi connectivity index (χ1n) is 7.33. The number of nitrogens with zero attached hydrogens (tertiary/aromatic N) is 5. The van der Waals surface area contributed by atoms with E-state index in [1.54, 1.807) is 11.3 Å². The number of hydrogen-bond acceptors (Lipinski definition) is 7. The van der Waals surface area contributed by atoms with E-state index in [9.17, 15) is 4.79 Å². The number of amides is 1. The highest BCUT2D eigenvalue weighted by molar-refractivity contribution is 7.16. The van der Waals surface area contributed by atoms with Gasteiger partial charge in [-0.05, 0) is 42.8 Å². The lowest BCUT2D eigenvalue weighted by Gasteiger charge is -2.19. The minimum absolute atomic E-state index is 0.00778. The first-order valence-corrected chi connectivity index (χ1v) is 9.03. The van der Waals surface area contributed by atoms with Crippen LogP contribution >= 0.6 is 22.7 Å². The van der Waals surface area contributed by atoms with Gasteiger partial charge in [0.25, 0.3) is 5.91 Å². The van der Waals surface area contributed by atoms with Crippen LogP contribution in [0.15, 0.2) is 11.4 Å². The summed E-state index contributed by atoms with van der Waals surface area (Å²) in [4.78, 5) is 20.2. The molecule has 9 heteroatoms. The zero-order valence-electron chi connectivity index (χ0n) is 12.4. The van der Waals surface area contributed by atoms with Crippen molar-refractivity contribution in [3.05, 3.63) is 27.0 Å². The van der Waals surface area contributed by atoms with Crippen molar-refractivity contribution in [1.82, 2.24) is 25.6 Å². The summed E-state index contributed by atoms with van der Waals surface area (Å²) < 4.78 is 0. The summed E-state index contributed by atoms with van der Waals surface area (Å²) >= 11 is 3.00. The molecule has 0 atom stereocenters. The van der Waals surface area contributed by atoms with Crippen molar-refractivity contribution >= 4 is 33.6 Å². The Labute approximate surface area is 140 Å². The van der Waals surface area contributed by atoms with Crippen LogP contribution in [0.3, 0.4) is 0 Å². The van der Waals surface area contributed by atoms with Crippen molar-refractivity contribution in [2.75, 3.05) is 11.4 Å². The Hall–Kier alpha value is -2.13. The van der Waals surface area contributed by atoms with Crippen LogP contribution < -0.4 is 4.90 Å². The fourth-order valence-electron chi connectivity index (χ4n) is 2.74. The van der Waals surface area contributed by atoms with Crippen molar-refractivity contribution in [3.8, 4) is 11.4 Å². The Morgan fingerprint density at radius 1 is 1.39 bits per heavy atom. The van der Waals surface area contributed by atoms with E-state index in [0.717, 1.165) is 47.1 Å². The van der Waals surface area contributed by atoms with Crippen molar-refractivity contribution in [1.29, 1.82) is 0 Å². The van der Waals surface area contributed by atoms with Crippen molar-refractivity contribution in [2.24, 2.45) is 0 Å². The second-order valence-electron chi connectivity index (χ2n) is 5.30. The van der Waals surface area contributed by atoms with Gasteiger partial charge in [0, 0.05) is 12.1 Å². The summed E-state index contributed by atoms with van der Waals surface area (Å²) in [5.41, 5.74) is 1.76. The van der Waals surface area contributed by atoms with Crippen LogP contribution in [0.25, 0.3) is 11.4 Å². The lowest BCUT2D eigenvalue weighted by molar-refractivity contribution is 0.0992. The van der Waals surface area contributed by atoms with Crippen molar-refractivity contribution < 1.29 is 4.79 Å². The van der Waals surface area contributed by atoms with Gasteiger partial charge in [0.1, 0.15) is 9.88 Å². The molecule has 3 aromatic heterocycles. The molecule has 0 fully saturated rings. The van der Waals surface area contributed by atoms with Crippen molar-refractivity contribution in [2.45, 2.75) is 26.2 Å². The Morgan fingerprint density at radius 2 is 2.30 bits per heavy atom. The number of aryl methyl sites for hydroxylation is 2. The molecule has 0 spiro atoms. The molecular formula is C14H14N6OS2. The molecule has 0 aromatic carbocycles. The zero-order chi connectivity index (χ0) is 15.8. The molecular weight excluding hydrogens is 332 g/mol. The maximum absolute atomic E-state index is 13.1. The Morgan fingerprint density at radius 3 is 3.13 bits per heavy atom. The van der Waals surface area contributed by atoms with E-state index in [4.69, 9.17) is 0 Å². The summed E-state index contributed by atoms with van der Waals surface area (Å²) in [7, 11) is 0. The molecule has 4 heterocycles. The molecule has 1 N–H and O–H groups in total. The summed E-state index contributed by atoms with van der Waals surface area (Å²) in [6.45, 7) is 2.70. The zero-order valence-corrected chi connectivity index (χ0v) is 14.1. The number of rotatable bonds is 2. The summed E-state index contributed by atoms with van der Waals surface area (Å²) in [6, 6.07) is 1.86. The Kier molecular flexibility index (Phi) is 3.66. The number of nitrogens with one attached hydrogen (secondary N) is 1. The molecule has 0 saturated heterocycles. The van der Waals surface area contributed by atoms with E-state index < -0.39 is 0 Å². The van der Waals surface area contributed by atoms with Gasteiger partial charge in [0.15, 0.2) is 0 Å². The largest absolute Gasteiger partial charge is 0.297 e. The summed E-state index contributed by atoms with van der Waals surface area (Å²) in [5, 5.41) is 17.9. The Bertz CT molecular complexity index is 837.